The van der Waals surface area contributed by atoms with Crippen molar-refractivity contribution in [2.24, 2.45) is 17.8 Å². The Morgan fingerprint density at radius 1 is 0.854 bits per heavy atom. The third kappa shape index (κ3) is 13.8. The molecule has 2 heterocycles. The predicted octanol–water partition coefficient (Wildman–Crippen LogP) is 5.68. The van der Waals surface area contributed by atoms with Crippen LogP contribution in [0.5, 0.6) is 0 Å². The molecule has 1 saturated heterocycles. The first-order valence-corrected chi connectivity index (χ1v) is 15.9. The summed E-state index contributed by atoms with van der Waals surface area (Å²) in [5, 5.41) is 0. The molecule has 234 valence electrons. The fourth-order valence-corrected chi connectivity index (χ4v) is 4.71. The molecule has 0 aliphatic carbocycles. The number of piperazine rings is 1. The number of ether oxygens (including phenoxy) is 3. The number of aromatic nitrogens is 1. The Balaban J connectivity index is 1.65. The van der Waals surface area contributed by atoms with Crippen LogP contribution in [-0.2, 0) is 19.0 Å². The second kappa shape index (κ2) is 19.3. The molecule has 8 heteroatoms. The van der Waals surface area contributed by atoms with E-state index >= 15 is 0 Å². The van der Waals surface area contributed by atoms with Crippen LogP contribution in [0.15, 0.2) is 18.3 Å². The Bertz CT molecular complexity index is 870. The Morgan fingerprint density at radius 3 is 2.10 bits per heavy atom. The lowest BCUT2D eigenvalue weighted by Gasteiger charge is -2.35. The van der Waals surface area contributed by atoms with Gasteiger partial charge < -0.3 is 19.1 Å². The van der Waals surface area contributed by atoms with Gasteiger partial charge in [0.15, 0.2) is 11.6 Å². The maximum atomic E-state index is 13.0. The van der Waals surface area contributed by atoms with E-state index in [0.717, 1.165) is 77.4 Å². The van der Waals surface area contributed by atoms with Crippen LogP contribution >= 0.6 is 0 Å². The minimum Gasteiger partial charge on any atom is -0.376 e. The molecular formula is C33H57N3O5. The summed E-state index contributed by atoms with van der Waals surface area (Å²) in [7, 11) is 0. The van der Waals surface area contributed by atoms with Crippen molar-refractivity contribution < 1.29 is 23.8 Å². The molecule has 0 bridgehead atoms. The average molecular weight is 576 g/mol. The number of nitrogens with zero attached hydrogens (tertiary/aromatic N) is 3. The molecule has 1 aliphatic rings. The summed E-state index contributed by atoms with van der Waals surface area (Å²) < 4.78 is 17.4. The third-order valence-electron chi connectivity index (χ3n) is 8.21. The number of ketones is 2. The van der Waals surface area contributed by atoms with Crippen LogP contribution < -0.4 is 4.90 Å². The minimum absolute atomic E-state index is 0.0299. The number of rotatable bonds is 21. The van der Waals surface area contributed by atoms with E-state index in [1.165, 1.54) is 0 Å². The van der Waals surface area contributed by atoms with Crippen molar-refractivity contribution in [3.8, 4) is 0 Å². The molecule has 0 aromatic carbocycles. The summed E-state index contributed by atoms with van der Waals surface area (Å²) >= 11 is 0. The molecule has 4 atom stereocenters. The SMILES string of the molecule is CCC(=O)COCCN1CCN(c2ccc(C(=O)C(C)CCC(C)CCO[C@H](C)[C@@H](C)OCCC(C)C)cn2)CC1. The smallest absolute Gasteiger partial charge is 0.167 e. The van der Waals surface area contributed by atoms with Gasteiger partial charge in [0.1, 0.15) is 12.4 Å². The van der Waals surface area contributed by atoms with E-state index in [1.54, 1.807) is 6.20 Å². The minimum atomic E-state index is -0.0299. The van der Waals surface area contributed by atoms with Crippen LogP contribution in [0.3, 0.4) is 0 Å². The van der Waals surface area contributed by atoms with Gasteiger partial charge in [-0.1, -0.05) is 34.6 Å². The molecule has 1 aromatic rings. The van der Waals surface area contributed by atoms with E-state index < -0.39 is 0 Å². The predicted molar refractivity (Wildman–Crippen MR) is 166 cm³/mol. The maximum absolute atomic E-state index is 13.0. The lowest BCUT2D eigenvalue weighted by molar-refractivity contribution is -0.123. The first kappa shape index (κ1) is 35.3. The van der Waals surface area contributed by atoms with Crippen LogP contribution in [0.1, 0.15) is 90.9 Å². The molecule has 41 heavy (non-hydrogen) atoms. The second-order valence-corrected chi connectivity index (χ2v) is 12.2. The van der Waals surface area contributed by atoms with Gasteiger partial charge in [-0.15, -0.1) is 0 Å². The number of carbonyl (C=O) groups is 2. The van der Waals surface area contributed by atoms with Gasteiger partial charge in [0.05, 0.1) is 18.8 Å². The monoisotopic (exact) mass is 575 g/mol. The van der Waals surface area contributed by atoms with Gasteiger partial charge in [0.25, 0.3) is 0 Å². The first-order valence-electron chi connectivity index (χ1n) is 15.9. The van der Waals surface area contributed by atoms with E-state index in [4.69, 9.17) is 14.2 Å². The number of pyridine rings is 1. The molecule has 1 aliphatic heterocycles. The fraction of sp³-hybridized carbons (Fsp3) is 0.788. The van der Waals surface area contributed by atoms with E-state index in [1.807, 2.05) is 26.0 Å². The van der Waals surface area contributed by atoms with Gasteiger partial charge in [0.2, 0.25) is 0 Å². The molecule has 0 radical (unpaired) electrons. The molecule has 2 rings (SSSR count). The zero-order chi connectivity index (χ0) is 30.2. The lowest BCUT2D eigenvalue weighted by atomic mass is 9.91. The first-order chi connectivity index (χ1) is 19.6. The van der Waals surface area contributed by atoms with Gasteiger partial charge in [0, 0.05) is 70.0 Å². The maximum Gasteiger partial charge on any atom is 0.167 e. The molecule has 8 nitrogen and oxygen atoms in total. The number of hydrogen-bond donors (Lipinski definition) is 0. The number of anilines is 1. The van der Waals surface area contributed by atoms with Crippen molar-refractivity contribution in [3.63, 3.8) is 0 Å². The fourth-order valence-electron chi connectivity index (χ4n) is 4.71. The Morgan fingerprint density at radius 2 is 1.51 bits per heavy atom. The van der Waals surface area contributed by atoms with Crippen molar-refractivity contribution in [1.82, 2.24) is 9.88 Å². The normalized spacial score (nSPS) is 17.4. The highest BCUT2D eigenvalue weighted by Crippen LogP contribution is 2.21. The van der Waals surface area contributed by atoms with Crippen LogP contribution in [-0.4, -0.2) is 92.8 Å². The molecule has 0 spiro atoms. The van der Waals surface area contributed by atoms with Gasteiger partial charge in [-0.3, -0.25) is 14.5 Å². The number of carbonyl (C=O) groups excluding carboxylic acids is 2. The Labute approximate surface area is 249 Å². The summed E-state index contributed by atoms with van der Waals surface area (Å²) in [6, 6.07) is 3.90. The van der Waals surface area contributed by atoms with Crippen molar-refractivity contribution in [2.75, 3.05) is 64.1 Å². The number of hydrogen-bond acceptors (Lipinski definition) is 8. The van der Waals surface area contributed by atoms with Gasteiger partial charge >= 0.3 is 0 Å². The molecule has 0 saturated carbocycles. The summed E-state index contributed by atoms with van der Waals surface area (Å²) in [6.07, 6.45) is 6.37. The summed E-state index contributed by atoms with van der Waals surface area (Å²) in [4.78, 5) is 33.6. The zero-order valence-corrected chi connectivity index (χ0v) is 26.9. The summed E-state index contributed by atoms with van der Waals surface area (Å²) in [5.74, 6) is 2.35. The van der Waals surface area contributed by atoms with Crippen LogP contribution in [0.2, 0.25) is 0 Å². The number of Topliss-reactive ketones (excluding diaryl/α,β-unsaturated/α-hetero) is 2. The van der Waals surface area contributed by atoms with Crippen molar-refractivity contribution in [2.45, 2.75) is 92.8 Å². The van der Waals surface area contributed by atoms with E-state index in [-0.39, 0.29) is 36.3 Å². The molecule has 1 aromatic heterocycles. The van der Waals surface area contributed by atoms with Gasteiger partial charge in [-0.2, -0.15) is 0 Å². The molecule has 1 fully saturated rings. The second-order valence-electron chi connectivity index (χ2n) is 12.2. The zero-order valence-electron chi connectivity index (χ0n) is 26.9. The van der Waals surface area contributed by atoms with Crippen molar-refractivity contribution in [1.29, 1.82) is 0 Å². The third-order valence-corrected chi connectivity index (χ3v) is 8.21. The lowest BCUT2D eigenvalue weighted by Crippen LogP contribution is -2.47. The largest absolute Gasteiger partial charge is 0.376 e. The highest BCUT2D eigenvalue weighted by Gasteiger charge is 2.21. The van der Waals surface area contributed by atoms with Crippen LogP contribution in [0.4, 0.5) is 5.82 Å². The average Bonchev–Trinajstić information content (AvgIpc) is 2.97. The van der Waals surface area contributed by atoms with E-state index in [0.29, 0.717) is 30.4 Å². The molecule has 2 unspecified atom stereocenters. The quantitative estimate of drug-likeness (QED) is 0.137. The molecule has 0 N–H and O–H groups in total. The summed E-state index contributed by atoms with van der Waals surface area (Å²) in [5.41, 5.74) is 0.690. The summed E-state index contributed by atoms with van der Waals surface area (Å²) in [6.45, 7) is 21.5. The Hall–Kier alpha value is -1.87. The highest BCUT2D eigenvalue weighted by molar-refractivity contribution is 5.97. The van der Waals surface area contributed by atoms with Gasteiger partial charge in [-0.25, -0.2) is 4.98 Å². The van der Waals surface area contributed by atoms with Crippen LogP contribution in [0.25, 0.3) is 0 Å². The highest BCUT2D eigenvalue weighted by atomic mass is 16.5. The Kier molecular flexibility index (Phi) is 16.7. The van der Waals surface area contributed by atoms with E-state index in [9.17, 15) is 9.59 Å². The van der Waals surface area contributed by atoms with Crippen molar-refractivity contribution >= 4 is 17.4 Å². The molecular weight excluding hydrogens is 518 g/mol. The standard InChI is InChI=1S/C33H57N3O5/c1-8-31(37)24-39-22-19-35-15-17-36(18-16-35)32-12-11-30(23-34-32)33(38)27(5)10-9-26(4)14-21-41-29(7)28(6)40-20-13-25(2)3/h11-12,23,25-29H,8-10,13-22,24H2,1-7H3/t26?,27?,28-,29-/m1/s1. The van der Waals surface area contributed by atoms with Crippen LogP contribution in [0, 0.1) is 17.8 Å². The van der Waals surface area contributed by atoms with Gasteiger partial charge in [-0.05, 0) is 63.5 Å². The van der Waals surface area contributed by atoms with Crippen molar-refractivity contribution in [3.05, 3.63) is 23.9 Å². The topological polar surface area (TPSA) is 81.2 Å². The van der Waals surface area contributed by atoms with E-state index in [2.05, 4.69) is 49.4 Å². The molecule has 0 amide bonds.